The van der Waals surface area contributed by atoms with Crippen LogP contribution in [0.3, 0.4) is 0 Å². The van der Waals surface area contributed by atoms with Gasteiger partial charge in [0, 0.05) is 29.0 Å². The maximum Gasteiger partial charge on any atom is 0.243 e. The van der Waals surface area contributed by atoms with Crippen molar-refractivity contribution in [3.8, 4) is 5.75 Å². The minimum atomic E-state index is -0.00769. The Labute approximate surface area is 165 Å². The molecule has 1 heterocycles. The number of hydrazone groups is 1. The predicted octanol–water partition coefficient (Wildman–Crippen LogP) is 2.29. The highest BCUT2D eigenvalue weighted by molar-refractivity contribution is 6.30. The zero-order valence-corrected chi connectivity index (χ0v) is 16.2. The van der Waals surface area contributed by atoms with E-state index < -0.39 is 0 Å². The lowest BCUT2D eigenvalue weighted by molar-refractivity contribution is -0.919. The van der Waals surface area contributed by atoms with Crippen molar-refractivity contribution < 1.29 is 14.4 Å². The van der Waals surface area contributed by atoms with Crippen LogP contribution in [0.5, 0.6) is 5.75 Å². The molecule has 2 aromatic carbocycles. The van der Waals surface area contributed by atoms with Crippen molar-refractivity contribution in [2.75, 3.05) is 20.2 Å². The Bertz CT molecular complexity index is 784. The summed E-state index contributed by atoms with van der Waals surface area (Å²) in [6.07, 6.45) is 3.37. The Morgan fingerprint density at radius 3 is 2.63 bits per heavy atom. The number of piperidine rings is 1. The first-order valence-corrected chi connectivity index (χ1v) is 9.57. The van der Waals surface area contributed by atoms with E-state index in [-0.39, 0.29) is 11.8 Å². The van der Waals surface area contributed by atoms with E-state index in [9.17, 15) is 4.79 Å². The van der Waals surface area contributed by atoms with E-state index >= 15 is 0 Å². The molecule has 27 heavy (non-hydrogen) atoms. The number of nitrogens with zero attached hydrogens (tertiary/aromatic N) is 1. The number of nitrogens with one attached hydrogen (secondary N) is 2. The summed E-state index contributed by atoms with van der Waals surface area (Å²) in [5.41, 5.74) is 4.79. The van der Waals surface area contributed by atoms with Crippen LogP contribution in [0.4, 0.5) is 0 Å². The minimum Gasteiger partial charge on any atom is -0.496 e. The Kier molecular flexibility index (Phi) is 6.85. The molecule has 3 rings (SSSR count). The summed E-state index contributed by atoms with van der Waals surface area (Å²) in [7, 11) is 1.62. The van der Waals surface area contributed by atoms with E-state index in [0.29, 0.717) is 0 Å². The first kappa shape index (κ1) is 19.4. The van der Waals surface area contributed by atoms with Gasteiger partial charge < -0.3 is 9.64 Å². The van der Waals surface area contributed by atoms with Gasteiger partial charge in [0.2, 0.25) is 5.91 Å². The van der Waals surface area contributed by atoms with Gasteiger partial charge in [-0.25, -0.2) is 5.43 Å². The number of quaternary nitrogens is 1. The Morgan fingerprint density at radius 2 is 1.93 bits per heavy atom. The van der Waals surface area contributed by atoms with Crippen LogP contribution in [-0.4, -0.2) is 32.3 Å². The lowest BCUT2D eigenvalue weighted by atomic mass is 9.96. The van der Waals surface area contributed by atoms with Crippen LogP contribution < -0.4 is 15.1 Å². The van der Waals surface area contributed by atoms with Crippen LogP contribution in [0.15, 0.2) is 53.6 Å². The number of rotatable bonds is 6. The number of hydrogen-bond acceptors (Lipinski definition) is 3. The van der Waals surface area contributed by atoms with Gasteiger partial charge in [0.25, 0.3) is 0 Å². The number of benzene rings is 2. The fourth-order valence-corrected chi connectivity index (χ4v) is 3.51. The number of halogens is 1. The number of ether oxygens (including phenoxy) is 1. The summed E-state index contributed by atoms with van der Waals surface area (Å²) in [5.74, 6) is 0.745. The summed E-state index contributed by atoms with van der Waals surface area (Å²) >= 11 is 5.94. The lowest BCUT2D eigenvalue weighted by Gasteiger charge is -2.28. The van der Waals surface area contributed by atoms with Crippen molar-refractivity contribution in [1.82, 2.24) is 5.43 Å². The molecule has 0 aliphatic carbocycles. The van der Waals surface area contributed by atoms with Gasteiger partial charge in [0.15, 0.2) is 0 Å². The molecule has 142 valence electrons. The third-order valence-corrected chi connectivity index (χ3v) is 5.20. The Morgan fingerprint density at radius 1 is 1.22 bits per heavy atom. The van der Waals surface area contributed by atoms with Gasteiger partial charge in [-0.1, -0.05) is 35.9 Å². The topological polar surface area (TPSA) is 55.1 Å². The van der Waals surface area contributed by atoms with Crippen molar-refractivity contribution in [2.45, 2.75) is 19.4 Å². The minimum absolute atomic E-state index is 0.00769. The van der Waals surface area contributed by atoms with Crippen LogP contribution in [0.1, 0.15) is 24.0 Å². The quantitative estimate of drug-likeness (QED) is 0.591. The third kappa shape index (κ3) is 5.55. The highest BCUT2D eigenvalue weighted by Gasteiger charge is 2.27. The number of para-hydroxylation sites is 1. The fraction of sp³-hybridized carbons (Fsp3) is 0.333. The molecule has 1 saturated heterocycles. The molecule has 0 bridgehead atoms. The van der Waals surface area contributed by atoms with Crippen molar-refractivity contribution in [3.05, 3.63) is 64.7 Å². The standard InChI is InChI=1S/C21H24ClN3O2/c1-27-20-5-3-2-4-18(20)14-23-24-21(26)17-10-12-25(13-11-17)15-16-6-8-19(22)9-7-16/h2-9,14,17H,10-13,15H2,1H3,(H,24,26)/p+1/b23-14-. The Hall–Kier alpha value is -2.37. The predicted molar refractivity (Wildman–Crippen MR) is 107 cm³/mol. The van der Waals surface area contributed by atoms with Gasteiger partial charge in [-0.05, 0) is 24.3 Å². The molecule has 0 spiro atoms. The number of methoxy groups -OCH3 is 1. The first-order valence-electron chi connectivity index (χ1n) is 9.19. The molecular weight excluding hydrogens is 362 g/mol. The van der Waals surface area contributed by atoms with E-state index in [2.05, 4.69) is 22.7 Å². The molecule has 0 saturated carbocycles. The molecule has 1 aliphatic heterocycles. The van der Waals surface area contributed by atoms with E-state index in [1.807, 2.05) is 36.4 Å². The molecule has 0 atom stereocenters. The van der Waals surface area contributed by atoms with Crippen molar-refractivity contribution in [1.29, 1.82) is 0 Å². The summed E-state index contributed by atoms with van der Waals surface area (Å²) < 4.78 is 5.27. The molecular formula is C21H25ClN3O2+. The zero-order chi connectivity index (χ0) is 19.1. The van der Waals surface area contributed by atoms with Gasteiger partial charge in [0.05, 0.1) is 32.3 Å². The molecule has 0 radical (unpaired) electrons. The summed E-state index contributed by atoms with van der Waals surface area (Å²) in [6, 6.07) is 15.6. The van der Waals surface area contributed by atoms with Crippen LogP contribution in [-0.2, 0) is 11.3 Å². The van der Waals surface area contributed by atoms with Gasteiger partial charge in [-0.3, -0.25) is 4.79 Å². The average molecular weight is 387 g/mol. The average Bonchev–Trinajstić information content (AvgIpc) is 2.70. The van der Waals surface area contributed by atoms with Crippen LogP contribution in [0.25, 0.3) is 0 Å². The molecule has 1 amide bonds. The summed E-state index contributed by atoms with van der Waals surface area (Å²) in [5, 5.41) is 4.86. The number of carbonyl (C=O) groups excluding carboxylic acids is 1. The molecule has 0 aromatic heterocycles. The largest absolute Gasteiger partial charge is 0.496 e. The first-order chi connectivity index (χ1) is 13.2. The second kappa shape index (κ2) is 9.53. The van der Waals surface area contributed by atoms with E-state index in [4.69, 9.17) is 16.3 Å². The second-order valence-electron chi connectivity index (χ2n) is 6.80. The molecule has 1 aliphatic rings. The molecule has 6 heteroatoms. The highest BCUT2D eigenvalue weighted by atomic mass is 35.5. The Balaban J connectivity index is 1.45. The maximum absolute atomic E-state index is 12.4. The van der Waals surface area contributed by atoms with Crippen molar-refractivity contribution in [3.63, 3.8) is 0 Å². The number of likely N-dealkylation sites (tertiary alicyclic amines) is 1. The normalized spacial score (nSPS) is 19.8. The zero-order valence-electron chi connectivity index (χ0n) is 15.5. The van der Waals surface area contributed by atoms with Gasteiger partial charge >= 0.3 is 0 Å². The van der Waals surface area contributed by atoms with Gasteiger partial charge in [-0.15, -0.1) is 0 Å². The third-order valence-electron chi connectivity index (χ3n) is 4.95. The van der Waals surface area contributed by atoms with Gasteiger partial charge in [0.1, 0.15) is 12.3 Å². The SMILES string of the molecule is COc1ccccc1/C=N\NC(=O)C1CC[NH+](Cc2ccc(Cl)cc2)CC1. The van der Waals surface area contributed by atoms with Crippen molar-refractivity contribution >= 4 is 23.7 Å². The monoisotopic (exact) mass is 386 g/mol. The van der Waals surface area contributed by atoms with Crippen molar-refractivity contribution in [2.24, 2.45) is 11.0 Å². The molecule has 2 N–H and O–H groups in total. The van der Waals surface area contributed by atoms with E-state index in [1.54, 1.807) is 13.3 Å². The van der Waals surface area contributed by atoms with E-state index in [1.165, 1.54) is 10.5 Å². The van der Waals surface area contributed by atoms with Gasteiger partial charge in [-0.2, -0.15) is 5.10 Å². The molecule has 5 nitrogen and oxygen atoms in total. The fourth-order valence-electron chi connectivity index (χ4n) is 3.39. The molecule has 0 unspecified atom stereocenters. The van der Waals surface area contributed by atoms with Crippen LogP contribution in [0.2, 0.25) is 5.02 Å². The van der Waals surface area contributed by atoms with Crippen LogP contribution in [0, 0.1) is 5.92 Å². The summed E-state index contributed by atoms with van der Waals surface area (Å²) in [6.45, 7) is 2.94. The van der Waals surface area contributed by atoms with Crippen LogP contribution >= 0.6 is 11.6 Å². The smallest absolute Gasteiger partial charge is 0.243 e. The second-order valence-corrected chi connectivity index (χ2v) is 7.24. The number of amides is 1. The number of carbonyl (C=O) groups is 1. The lowest BCUT2D eigenvalue weighted by Crippen LogP contribution is -3.11. The van der Waals surface area contributed by atoms with E-state index in [0.717, 1.165) is 48.8 Å². The number of hydrogen-bond donors (Lipinski definition) is 2. The highest BCUT2D eigenvalue weighted by Crippen LogP contribution is 2.15. The molecule has 1 fully saturated rings. The maximum atomic E-state index is 12.4. The molecule has 2 aromatic rings. The summed E-state index contributed by atoms with van der Waals surface area (Å²) in [4.78, 5) is 13.9.